The Morgan fingerprint density at radius 1 is 1.46 bits per heavy atom. The van der Waals surface area contributed by atoms with Crippen molar-refractivity contribution in [1.82, 2.24) is 5.32 Å². The normalized spacial score (nSPS) is 23.8. The predicted molar refractivity (Wildman–Crippen MR) is 52.7 cm³/mol. The molecule has 0 spiro atoms. The van der Waals surface area contributed by atoms with Gasteiger partial charge >= 0.3 is 0 Å². The minimum atomic E-state index is 0.0581. The van der Waals surface area contributed by atoms with Gasteiger partial charge in [0.2, 0.25) is 0 Å². The minimum absolute atomic E-state index is 0.0581. The highest BCUT2D eigenvalue weighted by molar-refractivity contribution is 4.56. The lowest BCUT2D eigenvalue weighted by atomic mass is 10.2. The summed E-state index contributed by atoms with van der Waals surface area (Å²) in [6.45, 7) is 6.80. The average molecular weight is 187 g/mol. The number of ether oxygens (including phenoxy) is 2. The van der Waals surface area contributed by atoms with Gasteiger partial charge in [-0.15, -0.1) is 0 Å². The fraction of sp³-hybridized carbons (Fsp3) is 1.00. The molecular weight excluding hydrogens is 166 g/mol. The van der Waals surface area contributed by atoms with Gasteiger partial charge in [0, 0.05) is 19.2 Å². The molecule has 78 valence electrons. The standard InChI is InChI=1S/C10H21NO2/c1-9(2)11-6-8-13-10-5-3-4-7-12-10/h9-11H,3-8H2,1-2H3. The number of hydrogen-bond donors (Lipinski definition) is 1. The molecule has 0 bridgehead atoms. The van der Waals surface area contributed by atoms with Gasteiger partial charge in [0.05, 0.1) is 6.61 Å². The van der Waals surface area contributed by atoms with Gasteiger partial charge in [-0.25, -0.2) is 0 Å². The molecule has 0 aromatic rings. The van der Waals surface area contributed by atoms with Crippen LogP contribution in [0, 0.1) is 0 Å². The van der Waals surface area contributed by atoms with Crippen LogP contribution in [0.1, 0.15) is 33.1 Å². The second-order valence-corrected chi connectivity index (χ2v) is 3.78. The molecular formula is C10H21NO2. The Balaban J connectivity index is 1.92. The lowest BCUT2D eigenvalue weighted by molar-refractivity contribution is -0.161. The Morgan fingerprint density at radius 2 is 2.31 bits per heavy atom. The van der Waals surface area contributed by atoms with E-state index in [4.69, 9.17) is 9.47 Å². The van der Waals surface area contributed by atoms with Crippen molar-refractivity contribution in [3.8, 4) is 0 Å². The summed E-state index contributed by atoms with van der Waals surface area (Å²) >= 11 is 0. The van der Waals surface area contributed by atoms with E-state index < -0.39 is 0 Å². The minimum Gasteiger partial charge on any atom is -0.353 e. The topological polar surface area (TPSA) is 30.5 Å². The molecule has 0 saturated carbocycles. The fourth-order valence-electron chi connectivity index (χ4n) is 1.38. The van der Waals surface area contributed by atoms with Crippen molar-refractivity contribution in [3.05, 3.63) is 0 Å². The maximum atomic E-state index is 5.55. The van der Waals surface area contributed by atoms with Crippen LogP contribution in [0.3, 0.4) is 0 Å². The lowest BCUT2D eigenvalue weighted by Crippen LogP contribution is -2.30. The van der Waals surface area contributed by atoms with Crippen molar-refractivity contribution in [2.45, 2.75) is 45.4 Å². The zero-order chi connectivity index (χ0) is 9.52. The van der Waals surface area contributed by atoms with Gasteiger partial charge in [-0.3, -0.25) is 0 Å². The molecule has 1 atom stereocenters. The molecule has 3 nitrogen and oxygen atoms in total. The second kappa shape index (κ2) is 6.35. The third-order valence-corrected chi connectivity index (χ3v) is 2.10. The van der Waals surface area contributed by atoms with Crippen molar-refractivity contribution >= 4 is 0 Å². The number of rotatable bonds is 5. The van der Waals surface area contributed by atoms with Crippen LogP contribution in [0.15, 0.2) is 0 Å². The van der Waals surface area contributed by atoms with E-state index in [9.17, 15) is 0 Å². The van der Waals surface area contributed by atoms with Gasteiger partial charge in [0.25, 0.3) is 0 Å². The third kappa shape index (κ3) is 5.24. The highest BCUT2D eigenvalue weighted by Gasteiger charge is 2.13. The van der Waals surface area contributed by atoms with Crippen molar-refractivity contribution in [1.29, 1.82) is 0 Å². The summed E-state index contributed by atoms with van der Waals surface area (Å²) in [5.41, 5.74) is 0. The van der Waals surface area contributed by atoms with E-state index in [0.717, 1.165) is 26.2 Å². The smallest absolute Gasteiger partial charge is 0.157 e. The predicted octanol–water partition coefficient (Wildman–Crippen LogP) is 1.53. The Kier molecular flexibility index (Phi) is 5.35. The summed E-state index contributed by atoms with van der Waals surface area (Å²) in [5, 5.41) is 3.30. The molecule has 0 amide bonds. The second-order valence-electron chi connectivity index (χ2n) is 3.78. The molecule has 3 heteroatoms. The SMILES string of the molecule is CC(C)NCCOC1CCCCO1. The molecule has 1 unspecified atom stereocenters. The summed E-state index contributed by atoms with van der Waals surface area (Å²) in [5.74, 6) is 0. The van der Waals surface area contributed by atoms with Crippen LogP contribution in [0.25, 0.3) is 0 Å². The van der Waals surface area contributed by atoms with Gasteiger partial charge in [-0.1, -0.05) is 13.8 Å². The maximum Gasteiger partial charge on any atom is 0.157 e. The lowest BCUT2D eigenvalue weighted by Gasteiger charge is -2.22. The number of hydrogen-bond acceptors (Lipinski definition) is 3. The summed E-state index contributed by atoms with van der Waals surface area (Å²) in [6.07, 6.45) is 3.54. The van der Waals surface area contributed by atoms with E-state index in [-0.39, 0.29) is 6.29 Å². The molecule has 1 fully saturated rings. The summed E-state index contributed by atoms with van der Waals surface area (Å²) in [7, 11) is 0. The van der Waals surface area contributed by atoms with Crippen molar-refractivity contribution in [2.24, 2.45) is 0 Å². The third-order valence-electron chi connectivity index (χ3n) is 2.10. The van der Waals surface area contributed by atoms with Gasteiger partial charge in [-0.05, 0) is 19.3 Å². The van der Waals surface area contributed by atoms with E-state index >= 15 is 0 Å². The van der Waals surface area contributed by atoms with E-state index in [0.29, 0.717) is 6.04 Å². The molecule has 1 N–H and O–H groups in total. The monoisotopic (exact) mass is 187 g/mol. The van der Waals surface area contributed by atoms with Gasteiger partial charge in [0.1, 0.15) is 0 Å². The molecule has 0 aromatic carbocycles. The highest BCUT2D eigenvalue weighted by Crippen LogP contribution is 2.12. The van der Waals surface area contributed by atoms with E-state index in [1.54, 1.807) is 0 Å². The fourth-order valence-corrected chi connectivity index (χ4v) is 1.38. The molecule has 0 aromatic heterocycles. The molecule has 1 aliphatic rings. The van der Waals surface area contributed by atoms with Crippen LogP contribution >= 0.6 is 0 Å². The largest absolute Gasteiger partial charge is 0.353 e. The van der Waals surface area contributed by atoms with Crippen LogP contribution in [-0.4, -0.2) is 32.1 Å². The van der Waals surface area contributed by atoms with Crippen molar-refractivity contribution < 1.29 is 9.47 Å². The number of nitrogens with one attached hydrogen (secondary N) is 1. The summed E-state index contributed by atoms with van der Waals surface area (Å²) in [6, 6.07) is 0.538. The molecule has 1 heterocycles. The zero-order valence-corrected chi connectivity index (χ0v) is 8.71. The van der Waals surface area contributed by atoms with E-state index in [2.05, 4.69) is 19.2 Å². The van der Waals surface area contributed by atoms with Crippen LogP contribution in [0.2, 0.25) is 0 Å². The van der Waals surface area contributed by atoms with Crippen molar-refractivity contribution in [3.63, 3.8) is 0 Å². The Morgan fingerprint density at radius 3 is 2.92 bits per heavy atom. The van der Waals surface area contributed by atoms with Gasteiger partial charge in [0.15, 0.2) is 6.29 Å². The molecule has 0 radical (unpaired) electrons. The first-order valence-corrected chi connectivity index (χ1v) is 5.25. The van der Waals surface area contributed by atoms with Crippen LogP contribution in [0.4, 0.5) is 0 Å². The Bertz CT molecular complexity index is 122. The van der Waals surface area contributed by atoms with Crippen LogP contribution in [-0.2, 0) is 9.47 Å². The maximum absolute atomic E-state index is 5.55. The van der Waals surface area contributed by atoms with Crippen LogP contribution in [0.5, 0.6) is 0 Å². The zero-order valence-electron chi connectivity index (χ0n) is 8.71. The Labute approximate surface area is 80.8 Å². The molecule has 1 aliphatic heterocycles. The molecule has 1 saturated heterocycles. The molecule has 1 rings (SSSR count). The molecule has 13 heavy (non-hydrogen) atoms. The van der Waals surface area contributed by atoms with Crippen LogP contribution < -0.4 is 5.32 Å². The van der Waals surface area contributed by atoms with E-state index in [1.807, 2.05) is 0 Å². The first-order valence-electron chi connectivity index (χ1n) is 5.25. The first kappa shape index (κ1) is 11.0. The first-order chi connectivity index (χ1) is 6.29. The quantitative estimate of drug-likeness (QED) is 0.662. The summed E-state index contributed by atoms with van der Waals surface area (Å²) < 4.78 is 11.0. The molecule has 0 aliphatic carbocycles. The Hall–Kier alpha value is -0.120. The summed E-state index contributed by atoms with van der Waals surface area (Å²) in [4.78, 5) is 0. The van der Waals surface area contributed by atoms with Gasteiger partial charge < -0.3 is 14.8 Å². The average Bonchev–Trinajstić information content (AvgIpc) is 2.14. The van der Waals surface area contributed by atoms with Gasteiger partial charge in [-0.2, -0.15) is 0 Å². The highest BCUT2D eigenvalue weighted by atomic mass is 16.7. The van der Waals surface area contributed by atoms with E-state index in [1.165, 1.54) is 12.8 Å². The van der Waals surface area contributed by atoms with Crippen molar-refractivity contribution in [2.75, 3.05) is 19.8 Å².